The summed E-state index contributed by atoms with van der Waals surface area (Å²) in [6.45, 7) is 1.63. The predicted octanol–water partition coefficient (Wildman–Crippen LogP) is 1.17. The molecule has 0 fully saturated rings. The van der Waals surface area contributed by atoms with Gasteiger partial charge in [0.05, 0.1) is 12.4 Å². The van der Waals surface area contributed by atoms with Gasteiger partial charge in [0.2, 0.25) is 0 Å². The first-order valence-electron chi connectivity index (χ1n) is 5.71. The topological polar surface area (TPSA) is 73.6 Å². The van der Waals surface area contributed by atoms with E-state index in [2.05, 4.69) is 10.2 Å². The van der Waals surface area contributed by atoms with Gasteiger partial charge in [-0.2, -0.15) is 8.42 Å². The number of rotatable bonds is 5. The fraction of sp³-hybridized carbons (Fsp3) is 0.455. The number of hydrogen-bond donors (Lipinski definition) is 0. The molecule has 1 atom stereocenters. The molecule has 0 spiro atoms. The fourth-order valence-corrected chi connectivity index (χ4v) is 2.47. The zero-order valence-electron chi connectivity index (χ0n) is 10.6. The van der Waals surface area contributed by atoms with Crippen molar-refractivity contribution in [3.8, 4) is 0 Å². The molecule has 0 radical (unpaired) electrons. The summed E-state index contributed by atoms with van der Waals surface area (Å²) in [5.74, 6) is -0.376. The minimum absolute atomic E-state index is 0.367. The second-order valence-electron chi connectivity index (χ2n) is 4.39. The van der Waals surface area contributed by atoms with Gasteiger partial charge >= 0.3 is 0 Å². The number of nitrogens with zero attached hydrogens (tertiary/aromatic N) is 3. The maximum absolute atomic E-state index is 13.7. The minimum atomic E-state index is -3.48. The van der Waals surface area contributed by atoms with E-state index in [9.17, 15) is 12.8 Å². The van der Waals surface area contributed by atoms with Crippen LogP contribution in [0.1, 0.15) is 18.9 Å². The molecule has 0 aromatic carbocycles. The highest BCUT2D eigenvalue weighted by atomic mass is 32.2. The van der Waals surface area contributed by atoms with Gasteiger partial charge < -0.3 is 0 Å². The van der Waals surface area contributed by atoms with E-state index in [1.54, 1.807) is 13.0 Å². The molecule has 2 aromatic rings. The van der Waals surface area contributed by atoms with Crippen LogP contribution >= 0.6 is 0 Å². The summed E-state index contributed by atoms with van der Waals surface area (Å²) in [5, 5.41) is 7.50. The molecule has 0 bridgehead atoms. The van der Waals surface area contributed by atoms with Crippen LogP contribution in [-0.2, 0) is 20.7 Å². The Morgan fingerprint density at radius 3 is 2.95 bits per heavy atom. The van der Waals surface area contributed by atoms with Gasteiger partial charge in [-0.1, -0.05) is 0 Å². The van der Waals surface area contributed by atoms with Crippen molar-refractivity contribution in [2.75, 3.05) is 6.26 Å². The third-order valence-electron chi connectivity index (χ3n) is 2.62. The van der Waals surface area contributed by atoms with E-state index in [0.717, 1.165) is 6.26 Å². The van der Waals surface area contributed by atoms with E-state index in [4.69, 9.17) is 4.18 Å². The smallest absolute Gasteiger partial charge is 0.264 e. The second-order valence-corrected chi connectivity index (χ2v) is 5.99. The Hall–Kier alpha value is -1.54. The predicted molar refractivity (Wildman–Crippen MR) is 66.7 cm³/mol. The average Bonchev–Trinajstić information content (AvgIpc) is 2.70. The van der Waals surface area contributed by atoms with Crippen molar-refractivity contribution in [3.63, 3.8) is 0 Å². The molecule has 0 saturated carbocycles. The Bertz CT molecular complexity index is 684. The first kappa shape index (κ1) is 13.9. The molecule has 0 aliphatic rings. The van der Waals surface area contributed by atoms with E-state index in [0.29, 0.717) is 24.1 Å². The van der Waals surface area contributed by atoms with Gasteiger partial charge in [-0.15, -0.1) is 10.2 Å². The lowest BCUT2D eigenvalue weighted by Gasteiger charge is -2.11. The Morgan fingerprint density at radius 2 is 2.26 bits per heavy atom. The van der Waals surface area contributed by atoms with Crippen molar-refractivity contribution in [2.24, 2.45) is 0 Å². The summed E-state index contributed by atoms with van der Waals surface area (Å²) in [4.78, 5) is 0. The lowest BCUT2D eigenvalue weighted by atomic mass is 10.1. The highest BCUT2D eigenvalue weighted by Crippen LogP contribution is 2.14. The highest BCUT2D eigenvalue weighted by molar-refractivity contribution is 7.86. The molecule has 0 unspecified atom stereocenters. The van der Waals surface area contributed by atoms with Crippen molar-refractivity contribution in [2.45, 2.75) is 25.9 Å². The summed E-state index contributed by atoms with van der Waals surface area (Å²) in [6, 6.07) is 1.59. The van der Waals surface area contributed by atoms with Crippen molar-refractivity contribution < 1.29 is 17.0 Å². The molecule has 2 aromatic heterocycles. The van der Waals surface area contributed by atoms with Gasteiger partial charge in [0.15, 0.2) is 5.65 Å². The van der Waals surface area contributed by atoms with Gasteiger partial charge in [0, 0.05) is 6.20 Å². The van der Waals surface area contributed by atoms with E-state index in [1.165, 1.54) is 16.9 Å². The van der Waals surface area contributed by atoms with Gasteiger partial charge in [-0.25, -0.2) is 4.39 Å². The van der Waals surface area contributed by atoms with Crippen molar-refractivity contribution >= 4 is 15.8 Å². The van der Waals surface area contributed by atoms with Crippen LogP contribution in [0.15, 0.2) is 18.6 Å². The monoisotopic (exact) mass is 287 g/mol. The quantitative estimate of drug-likeness (QED) is 0.772. The van der Waals surface area contributed by atoms with E-state index in [1.807, 2.05) is 0 Å². The minimum Gasteiger partial charge on any atom is -0.286 e. The molecule has 19 heavy (non-hydrogen) atoms. The van der Waals surface area contributed by atoms with Crippen molar-refractivity contribution in [1.82, 2.24) is 14.6 Å². The molecule has 0 aliphatic carbocycles. The number of halogens is 1. The number of aryl methyl sites for hydroxylation is 1. The molecule has 2 rings (SSSR count). The summed E-state index contributed by atoms with van der Waals surface area (Å²) in [7, 11) is -3.48. The van der Waals surface area contributed by atoms with E-state index >= 15 is 0 Å². The van der Waals surface area contributed by atoms with Crippen LogP contribution in [-0.4, -0.2) is 35.4 Å². The molecule has 8 heteroatoms. The fourth-order valence-electron chi connectivity index (χ4n) is 1.78. The van der Waals surface area contributed by atoms with E-state index < -0.39 is 16.2 Å². The zero-order valence-corrected chi connectivity index (χ0v) is 11.4. The SMILES string of the molecule is C[C@H](CCc1cc2nncn2cc1F)OS(C)(=O)=O. The summed E-state index contributed by atoms with van der Waals surface area (Å²) in [6.07, 6.45) is 3.97. The number of hydrogen-bond acceptors (Lipinski definition) is 5. The van der Waals surface area contributed by atoms with Crippen LogP contribution in [0.3, 0.4) is 0 Å². The number of aromatic nitrogens is 3. The Labute approximate surface area is 110 Å². The van der Waals surface area contributed by atoms with Crippen molar-refractivity contribution in [3.05, 3.63) is 30.0 Å². The zero-order chi connectivity index (χ0) is 14.0. The maximum atomic E-state index is 13.7. The van der Waals surface area contributed by atoms with Crippen LogP contribution in [0.5, 0.6) is 0 Å². The van der Waals surface area contributed by atoms with Crippen LogP contribution in [0.4, 0.5) is 4.39 Å². The summed E-state index contributed by atoms with van der Waals surface area (Å²) in [5.41, 5.74) is 1.01. The van der Waals surface area contributed by atoms with Crippen molar-refractivity contribution in [1.29, 1.82) is 0 Å². The molecular weight excluding hydrogens is 273 g/mol. The van der Waals surface area contributed by atoms with Gasteiger partial charge in [-0.05, 0) is 31.4 Å². The van der Waals surface area contributed by atoms with Gasteiger partial charge in [-0.3, -0.25) is 8.58 Å². The molecule has 104 valence electrons. The molecule has 0 amide bonds. The first-order chi connectivity index (χ1) is 8.85. The van der Waals surface area contributed by atoms with Crippen LogP contribution in [0.2, 0.25) is 0 Å². The average molecular weight is 287 g/mol. The number of fused-ring (bicyclic) bond motifs is 1. The maximum Gasteiger partial charge on any atom is 0.264 e. The Balaban J connectivity index is 2.07. The lowest BCUT2D eigenvalue weighted by molar-refractivity contribution is 0.220. The third-order valence-corrected chi connectivity index (χ3v) is 3.30. The Morgan fingerprint density at radius 1 is 1.53 bits per heavy atom. The summed E-state index contributed by atoms with van der Waals surface area (Å²) < 4.78 is 41.9. The second kappa shape index (κ2) is 5.22. The van der Waals surface area contributed by atoms with Crippen LogP contribution in [0.25, 0.3) is 5.65 Å². The molecule has 0 N–H and O–H groups in total. The molecule has 0 saturated heterocycles. The molecule has 2 heterocycles. The third kappa shape index (κ3) is 3.71. The van der Waals surface area contributed by atoms with Gasteiger partial charge in [0.25, 0.3) is 10.1 Å². The molecular formula is C11H14FN3O3S. The Kier molecular flexibility index (Phi) is 3.81. The highest BCUT2D eigenvalue weighted by Gasteiger charge is 2.12. The molecule has 0 aliphatic heterocycles. The lowest BCUT2D eigenvalue weighted by Crippen LogP contribution is -2.15. The normalized spacial score (nSPS) is 13.8. The standard InChI is InChI=1S/C11H14FN3O3S/c1-8(18-19(2,16)17)3-4-9-5-11-14-13-7-15(11)6-10(9)12/h5-8H,3-4H2,1-2H3/t8-/m1/s1. The number of pyridine rings is 1. The summed E-state index contributed by atoms with van der Waals surface area (Å²) >= 11 is 0. The largest absolute Gasteiger partial charge is 0.286 e. The first-order valence-corrected chi connectivity index (χ1v) is 7.53. The van der Waals surface area contributed by atoms with E-state index in [-0.39, 0.29) is 5.82 Å². The molecule has 6 nitrogen and oxygen atoms in total. The van der Waals surface area contributed by atoms with Gasteiger partial charge in [0.1, 0.15) is 12.1 Å². The van der Waals surface area contributed by atoms with Crippen LogP contribution < -0.4 is 0 Å². The van der Waals surface area contributed by atoms with Crippen LogP contribution in [0, 0.1) is 5.82 Å².